The quantitative estimate of drug-likeness (QED) is 0.250. The van der Waals surface area contributed by atoms with E-state index in [2.05, 4.69) is 0 Å². The van der Waals surface area contributed by atoms with Crippen LogP contribution in [0.2, 0.25) is 0 Å². The molecule has 0 aliphatic rings. The van der Waals surface area contributed by atoms with E-state index in [1.54, 1.807) is 61.0 Å². The maximum absolute atomic E-state index is 13.6. The Labute approximate surface area is 227 Å². The molecule has 0 atom stereocenters. The van der Waals surface area contributed by atoms with Crippen LogP contribution in [-0.4, -0.2) is 41.5 Å². The standard InChI is InChI=1S/C27H28N2O6S3/c1-34-15-16-35-24-12-5-10-22(18-24)25-13-6-11-23(27(25)37(28,30)31)20-29(19-21-8-3-2-4-9-21)38(32,33)26-14-7-17-36-26/h2-14,17-18H,15-16,19-20H2,1H3,(H2,28,30,31). The molecule has 0 unspecified atom stereocenters. The lowest BCUT2D eigenvalue weighted by Gasteiger charge is -2.23. The Balaban J connectivity index is 1.79. The summed E-state index contributed by atoms with van der Waals surface area (Å²) in [5.41, 5.74) is 1.96. The monoisotopic (exact) mass is 572 g/mol. The summed E-state index contributed by atoms with van der Waals surface area (Å²) in [6.45, 7) is 0.589. The molecule has 0 saturated heterocycles. The first-order chi connectivity index (χ1) is 18.2. The average molecular weight is 573 g/mol. The number of nitrogens with zero attached hydrogens (tertiary/aromatic N) is 1. The number of hydrogen-bond donors (Lipinski definition) is 1. The van der Waals surface area contributed by atoms with Gasteiger partial charge in [-0.25, -0.2) is 22.0 Å². The molecule has 0 fully saturated rings. The molecule has 0 aliphatic heterocycles. The maximum Gasteiger partial charge on any atom is 0.253 e. The summed E-state index contributed by atoms with van der Waals surface area (Å²) < 4.78 is 65.2. The van der Waals surface area contributed by atoms with Gasteiger partial charge in [-0.3, -0.25) is 0 Å². The van der Waals surface area contributed by atoms with Crippen LogP contribution in [0, 0.1) is 0 Å². The second-order valence-electron chi connectivity index (χ2n) is 8.40. The highest BCUT2D eigenvalue weighted by Crippen LogP contribution is 2.34. The molecule has 0 amide bonds. The molecule has 200 valence electrons. The fourth-order valence-electron chi connectivity index (χ4n) is 4.01. The Morgan fingerprint density at radius 2 is 1.61 bits per heavy atom. The lowest BCUT2D eigenvalue weighted by atomic mass is 10.0. The minimum Gasteiger partial charge on any atom is -0.491 e. The second-order valence-corrected chi connectivity index (χ2v) is 13.0. The van der Waals surface area contributed by atoms with E-state index in [0.717, 1.165) is 16.9 Å². The molecule has 3 aromatic carbocycles. The Morgan fingerprint density at radius 3 is 2.29 bits per heavy atom. The number of ether oxygens (including phenoxy) is 2. The van der Waals surface area contributed by atoms with Crippen molar-refractivity contribution < 1.29 is 26.3 Å². The van der Waals surface area contributed by atoms with Crippen molar-refractivity contribution in [2.45, 2.75) is 22.2 Å². The number of sulfonamides is 2. The Kier molecular flexibility index (Phi) is 8.98. The molecule has 38 heavy (non-hydrogen) atoms. The van der Waals surface area contributed by atoms with Crippen LogP contribution in [0.25, 0.3) is 11.1 Å². The molecule has 8 nitrogen and oxygen atoms in total. The third-order valence-corrected chi connectivity index (χ3v) is 9.94. The molecular formula is C27H28N2O6S3. The van der Waals surface area contributed by atoms with Crippen LogP contribution in [0.15, 0.2) is 99.4 Å². The summed E-state index contributed by atoms with van der Waals surface area (Å²) in [5.74, 6) is 0.538. The molecule has 0 bridgehead atoms. The Hall–Kier alpha value is -3.06. The van der Waals surface area contributed by atoms with Crippen LogP contribution >= 0.6 is 11.3 Å². The lowest BCUT2D eigenvalue weighted by molar-refractivity contribution is 0.146. The van der Waals surface area contributed by atoms with Crippen molar-refractivity contribution in [2.24, 2.45) is 5.14 Å². The molecule has 0 saturated carbocycles. The normalized spacial score (nSPS) is 12.1. The van der Waals surface area contributed by atoms with Gasteiger partial charge in [-0.1, -0.05) is 66.7 Å². The minimum absolute atomic E-state index is 0.0538. The van der Waals surface area contributed by atoms with E-state index in [-0.39, 0.29) is 27.8 Å². The van der Waals surface area contributed by atoms with Gasteiger partial charge in [0.25, 0.3) is 10.0 Å². The number of nitrogens with two attached hydrogens (primary N) is 1. The predicted octanol–water partition coefficient (Wildman–Crippen LogP) is 4.48. The van der Waals surface area contributed by atoms with Crippen LogP contribution in [-0.2, 0) is 37.9 Å². The van der Waals surface area contributed by atoms with Gasteiger partial charge >= 0.3 is 0 Å². The minimum atomic E-state index is -4.24. The van der Waals surface area contributed by atoms with Crippen molar-refractivity contribution in [3.8, 4) is 16.9 Å². The molecule has 1 aromatic heterocycles. The Bertz CT molecular complexity index is 1570. The van der Waals surface area contributed by atoms with Gasteiger partial charge in [0.05, 0.1) is 11.5 Å². The third kappa shape index (κ3) is 6.68. The highest BCUT2D eigenvalue weighted by molar-refractivity contribution is 7.91. The number of benzene rings is 3. The van der Waals surface area contributed by atoms with Crippen LogP contribution in [0.5, 0.6) is 5.75 Å². The van der Waals surface area contributed by atoms with E-state index in [9.17, 15) is 16.8 Å². The molecule has 11 heteroatoms. The summed E-state index contributed by atoms with van der Waals surface area (Å²) in [5, 5.41) is 7.41. The van der Waals surface area contributed by atoms with E-state index < -0.39 is 20.0 Å². The van der Waals surface area contributed by atoms with Gasteiger partial charge in [-0.15, -0.1) is 11.3 Å². The molecular weight excluding hydrogens is 545 g/mol. The number of hydrogen-bond acceptors (Lipinski definition) is 7. The predicted molar refractivity (Wildman–Crippen MR) is 148 cm³/mol. The summed E-state index contributed by atoms with van der Waals surface area (Å²) in [6.07, 6.45) is 0. The fraction of sp³-hybridized carbons (Fsp3) is 0.185. The van der Waals surface area contributed by atoms with Gasteiger partial charge in [0, 0.05) is 25.8 Å². The molecule has 2 N–H and O–H groups in total. The van der Waals surface area contributed by atoms with Crippen molar-refractivity contribution in [1.82, 2.24) is 4.31 Å². The number of methoxy groups -OCH3 is 1. The molecule has 0 radical (unpaired) electrons. The lowest BCUT2D eigenvalue weighted by Crippen LogP contribution is -2.31. The smallest absolute Gasteiger partial charge is 0.253 e. The largest absolute Gasteiger partial charge is 0.491 e. The zero-order valence-corrected chi connectivity index (χ0v) is 23.1. The first-order valence-electron chi connectivity index (χ1n) is 11.6. The van der Waals surface area contributed by atoms with Gasteiger partial charge < -0.3 is 9.47 Å². The first-order valence-corrected chi connectivity index (χ1v) is 15.5. The van der Waals surface area contributed by atoms with Gasteiger partial charge in [0.2, 0.25) is 10.0 Å². The SMILES string of the molecule is COCCOc1cccc(-c2cccc(CN(Cc3ccccc3)S(=O)(=O)c3cccs3)c2S(N)(=O)=O)c1. The molecule has 1 heterocycles. The zero-order valence-electron chi connectivity index (χ0n) is 20.7. The third-order valence-electron chi connectivity index (χ3n) is 5.72. The van der Waals surface area contributed by atoms with Crippen molar-refractivity contribution in [2.75, 3.05) is 20.3 Å². The van der Waals surface area contributed by atoms with Gasteiger partial charge in [-0.05, 0) is 40.3 Å². The topological polar surface area (TPSA) is 116 Å². The molecule has 0 spiro atoms. The first kappa shape index (κ1) is 28.0. The van der Waals surface area contributed by atoms with E-state index in [1.807, 2.05) is 30.3 Å². The summed E-state index contributed by atoms with van der Waals surface area (Å²) in [7, 11) is -6.60. The van der Waals surface area contributed by atoms with Crippen molar-refractivity contribution >= 4 is 31.4 Å². The molecule has 0 aliphatic carbocycles. The van der Waals surface area contributed by atoms with E-state index in [4.69, 9.17) is 14.6 Å². The zero-order chi connectivity index (χ0) is 27.2. The fourth-order valence-corrected chi connectivity index (χ4v) is 7.55. The number of primary sulfonamides is 1. The average Bonchev–Trinajstić information content (AvgIpc) is 3.45. The van der Waals surface area contributed by atoms with Gasteiger partial charge in [-0.2, -0.15) is 4.31 Å². The molecule has 4 aromatic rings. The van der Waals surface area contributed by atoms with Crippen molar-refractivity contribution in [3.05, 3.63) is 101 Å². The van der Waals surface area contributed by atoms with Crippen LogP contribution in [0.4, 0.5) is 0 Å². The highest BCUT2D eigenvalue weighted by Gasteiger charge is 2.29. The second kappa shape index (κ2) is 12.2. The van der Waals surface area contributed by atoms with E-state index in [1.165, 1.54) is 10.4 Å². The van der Waals surface area contributed by atoms with Gasteiger partial charge in [0.1, 0.15) is 16.6 Å². The maximum atomic E-state index is 13.6. The van der Waals surface area contributed by atoms with Crippen molar-refractivity contribution in [1.29, 1.82) is 0 Å². The summed E-state index contributed by atoms with van der Waals surface area (Å²) in [6, 6.07) is 24.2. The number of thiophene rings is 1. The van der Waals surface area contributed by atoms with E-state index in [0.29, 0.717) is 30.1 Å². The number of rotatable bonds is 12. The van der Waals surface area contributed by atoms with Crippen LogP contribution in [0.1, 0.15) is 11.1 Å². The summed E-state index contributed by atoms with van der Waals surface area (Å²) in [4.78, 5) is -0.131. The van der Waals surface area contributed by atoms with E-state index >= 15 is 0 Å². The van der Waals surface area contributed by atoms with Crippen LogP contribution < -0.4 is 9.88 Å². The summed E-state index contributed by atoms with van der Waals surface area (Å²) >= 11 is 1.10. The van der Waals surface area contributed by atoms with Gasteiger partial charge in [0.15, 0.2) is 0 Å². The van der Waals surface area contributed by atoms with Crippen molar-refractivity contribution in [3.63, 3.8) is 0 Å². The Morgan fingerprint density at radius 1 is 0.842 bits per heavy atom. The van der Waals surface area contributed by atoms with Crippen LogP contribution in [0.3, 0.4) is 0 Å². The highest BCUT2D eigenvalue weighted by atomic mass is 32.2. The molecule has 4 rings (SSSR count).